The van der Waals surface area contributed by atoms with Crippen molar-refractivity contribution in [3.05, 3.63) is 23.8 Å². The lowest BCUT2D eigenvalue weighted by molar-refractivity contribution is -0.109. The van der Waals surface area contributed by atoms with Crippen LogP contribution in [0.2, 0.25) is 0 Å². The predicted octanol–water partition coefficient (Wildman–Crippen LogP) is 1.40. The Morgan fingerprint density at radius 2 is 2.45 bits per heavy atom. The van der Waals surface area contributed by atoms with Crippen molar-refractivity contribution >= 4 is 6.41 Å². The molecule has 11 heavy (non-hydrogen) atoms. The van der Waals surface area contributed by atoms with Gasteiger partial charge in [0.1, 0.15) is 0 Å². The lowest BCUT2D eigenvalue weighted by Gasteiger charge is -1.97. The summed E-state index contributed by atoms with van der Waals surface area (Å²) in [5.41, 5.74) is 1.22. The quantitative estimate of drug-likeness (QED) is 0.607. The van der Waals surface area contributed by atoms with Crippen LogP contribution in [-0.2, 0) is 4.79 Å². The lowest BCUT2D eigenvalue weighted by atomic mass is 10.2. The fourth-order valence-electron chi connectivity index (χ4n) is 1.12. The first-order chi connectivity index (χ1) is 5.43. The zero-order valence-electron chi connectivity index (χ0n) is 6.55. The average Bonchev–Trinajstić information content (AvgIpc) is 2.28. The molecule has 0 atom stereocenters. The third kappa shape index (κ3) is 3.03. The molecule has 2 heteroatoms. The molecule has 0 saturated carbocycles. The molecule has 0 bridgehead atoms. The van der Waals surface area contributed by atoms with Crippen molar-refractivity contribution in [2.75, 3.05) is 6.54 Å². The van der Waals surface area contributed by atoms with Gasteiger partial charge in [0.25, 0.3) is 0 Å². The SMILES string of the molecule is O=CNCC1=CCCCC=C1. The van der Waals surface area contributed by atoms with Crippen molar-refractivity contribution in [2.24, 2.45) is 0 Å². The van der Waals surface area contributed by atoms with Crippen LogP contribution < -0.4 is 5.32 Å². The van der Waals surface area contributed by atoms with E-state index in [2.05, 4.69) is 23.5 Å². The minimum absolute atomic E-state index is 0.667. The maximum atomic E-state index is 9.97. The minimum Gasteiger partial charge on any atom is -0.355 e. The normalized spacial score (nSPS) is 16.9. The first-order valence-corrected chi connectivity index (χ1v) is 3.96. The molecule has 0 fully saturated rings. The van der Waals surface area contributed by atoms with Crippen molar-refractivity contribution in [3.63, 3.8) is 0 Å². The van der Waals surface area contributed by atoms with Gasteiger partial charge in [-0.25, -0.2) is 0 Å². The second kappa shape index (κ2) is 4.72. The van der Waals surface area contributed by atoms with Crippen LogP contribution in [-0.4, -0.2) is 13.0 Å². The number of hydrogen-bond acceptors (Lipinski definition) is 1. The largest absolute Gasteiger partial charge is 0.355 e. The van der Waals surface area contributed by atoms with Crippen molar-refractivity contribution in [1.82, 2.24) is 5.32 Å². The Balaban J connectivity index is 2.39. The molecule has 1 amide bonds. The maximum absolute atomic E-state index is 9.97. The highest BCUT2D eigenvalue weighted by Gasteiger charge is 1.94. The molecule has 0 saturated heterocycles. The van der Waals surface area contributed by atoms with Crippen molar-refractivity contribution in [2.45, 2.75) is 19.3 Å². The molecule has 0 unspecified atom stereocenters. The summed E-state index contributed by atoms with van der Waals surface area (Å²) in [6.45, 7) is 0.667. The van der Waals surface area contributed by atoms with Crippen LogP contribution in [0, 0.1) is 0 Å². The first kappa shape index (κ1) is 8.05. The second-order valence-corrected chi connectivity index (χ2v) is 2.61. The zero-order chi connectivity index (χ0) is 7.94. The molecule has 1 rings (SSSR count). The third-order valence-corrected chi connectivity index (χ3v) is 1.70. The fraction of sp³-hybridized carbons (Fsp3) is 0.444. The zero-order valence-corrected chi connectivity index (χ0v) is 6.55. The highest BCUT2D eigenvalue weighted by atomic mass is 16.1. The molecule has 0 aromatic rings. The summed E-state index contributed by atoms with van der Waals surface area (Å²) >= 11 is 0. The van der Waals surface area contributed by atoms with Gasteiger partial charge in [0, 0.05) is 6.54 Å². The van der Waals surface area contributed by atoms with Crippen LogP contribution in [0.4, 0.5) is 0 Å². The Morgan fingerprint density at radius 3 is 3.27 bits per heavy atom. The molecule has 0 spiro atoms. The highest BCUT2D eigenvalue weighted by Crippen LogP contribution is 2.08. The van der Waals surface area contributed by atoms with Gasteiger partial charge in [-0.2, -0.15) is 0 Å². The Labute approximate surface area is 67.0 Å². The van der Waals surface area contributed by atoms with Gasteiger partial charge in [0.05, 0.1) is 0 Å². The van der Waals surface area contributed by atoms with E-state index < -0.39 is 0 Å². The number of hydrogen-bond donors (Lipinski definition) is 1. The number of carbonyl (C=O) groups is 1. The number of carbonyl (C=O) groups excluding carboxylic acids is 1. The molecule has 1 aliphatic rings. The Hall–Kier alpha value is -1.05. The van der Waals surface area contributed by atoms with Gasteiger partial charge >= 0.3 is 0 Å². The molecular weight excluding hydrogens is 138 g/mol. The molecule has 1 aliphatic carbocycles. The van der Waals surface area contributed by atoms with Crippen LogP contribution in [0.1, 0.15) is 19.3 Å². The molecule has 60 valence electrons. The van der Waals surface area contributed by atoms with E-state index in [0.717, 1.165) is 19.3 Å². The lowest BCUT2D eigenvalue weighted by Crippen LogP contribution is -2.13. The van der Waals surface area contributed by atoms with E-state index in [1.54, 1.807) is 0 Å². The average molecular weight is 151 g/mol. The van der Waals surface area contributed by atoms with Gasteiger partial charge in [-0.05, 0) is 24.8 Å². The number of nitrogens with one attached hydrogen (secondary N) is 1. The van der Waals surface area contributed by atoms with Crippen LogP contribution in [0.15, 0.2) is 23.8 Å². The van der Waals surface area contributed by atoms with Crippen molar-refractivity contribution < 1.29 is 4.79 Å². The molecule has 2 nitrogen and oxygen atoms in total. The van der Waals surface area contributed by atoms with Gasteiger partial charge in [0.15, 0.2) is 0 Å². The smallest absolute Gasteiger partial charge is 0.207 e. The summed E-state index contributed by atoms with van der Waals surface area (Å²) in [6, 6.07) is 0. The van der Waals surface area contributed by atoms with Crippen LogP contribution >= 0.6 is 0 Å². The van der Waals surface area contributed by atoms with E-state index in [1.165, 1.54) is 12.0 Å². The van der Waals surface area contributed by atoms with E-state index in [1.807, 2.05) is 0 Å². The van der Waals surface area contributed by atoms with Gasteiger partial charge < -0.3 is 5.32 Å². The maximum Gasteiger partial charge on any atom is 0.207 e. The van der Waals surface area contributed by atoms with Crippen LogP contribution in [0.5, 0.6) is 0 Å². The summed E-state index contributed by atoms with van der Waals surface area (Å²) in [4.78, 5) is 9.97. The Morgan fingerprint density at radius 1 is 1.55 bits per heavy atom. The summed E-state index contributed by atoms with van der Waals surface area (Å²) in [5, 5.41) is 2.65. The van der Waals surface area contributed by atoms with Crippen LogP contribution in [0.25, 0.3) is 0 Å². The third-order valence-electron chi connectivity index (χ3n) is 1.70. The summed E-state index contributed by atoms with van der Waals surface area (Å²) in [5.74, 6) is 0. The Kier molecular flexibility index (Phi) is 3.45. The van der Waals surface area contributed by atoms with E-state index in [4.69, 9.17) is 0 Å². The van der Waals surface area contributed by atoms with Crippen molar-refractivity contribution in [1.29, 1.82) is 0 Å². The standard InChI is InChI=1S/C9H13NO/c11-8-10-7-9-5-3-1-2-4-6-9/h3,5-6,8H,1-2,4,7H2,(H,10,11). The number of allylic oxidation sites excluding steroid dienone is 2. The molecular formula is C9H13NO. The van der Waals surface area contributed by atoms with E-state index in [-0.39, 0.29) is 0 Å². The van der Waals surface area contributed by atoms with E-state index in [9.17, 15) is 4.79 Å². The van der Waals surface area contributed by atoms with Gasteiger partial charge in [-0.1, -0.05) is 18.2 Å². The van der Waals surface area contributed by atoms with Crippen LogP contribution in [0.3, 0.4) is 0 Å². The number of amides is 1. The second-order valence-electron chi connectivity index (χ2n) is 2.61. The molecule has 0 aromatic carbocycles. The van der Waals surface area contributed by atoms with Crippen molar-refractivity contribution in [3.8, 4) is 0 Å². The predicted molar refractivity (Wildman–Crippen MR) is 45.1 cm³/mol. The number of rotatable bonds is 3. The molecule has 0 heterocycles. The summed E-state index contributed by atoms with van der Waals surface area (Å²) in [7, 11) is 0. The summed E-state index contributed by atoms with van der Waals surface area (Å²) < 4.78 is 0. The Bertz CT molecular complexity index is 182. The van der Waals surface area contributed by atoms with E-state index in [0.29, 0.717) is 6.54 Å². The summed E-state index contributed by atoms with van der Waals surface area (Å²) in [6.07, 6.45) is 10.7. The van der Waals surface area contributed by atoms with E-state index >= 15 is 0 Å². The molecule has 0 radical (unpaired) electrons. The first-order valence-electron chi connectivity index (χ1n) is 3.96. The monoisotopic (exact) mass is 151 g/mol. The fourth-order valence-corrected chi connectivity index (χ4v) is 1.12. The topological polar surface area (TPSA) is 29.1 Å². The van der Waals surface area contributed by atoms with Gasteiger partial charge in [-0.3, -0.25) is 4.79 Å². The van der Waals surface area contributed by atoms with Gasteiger partial charge in [0.2, 0.25) is 6.41 Å². The molecule has 0 aliphatic heterocycles. The van der Waals surface area contributed by atoms with Gasteiger partial charge in [-0.15, -0.1) is 0 Å². The molecule has 1 N–H and O–H groups in total. The minimum atomic E-state index is 0.667. The molecule has 0 aromatic heterocycles. The highest BCUT2D eigenvalue weighted by molar-refractivity contribution is 5.47.